The van der Waals surface area contributed by atoms with Crippen LogP contribution in [0.5, 0.6) is 11.5 Å². The zero-order chi connectivity index (χ0) is 15.8. The van der Waals surface area contributed by atoms with Gasteiger partial charge in [0.2, 0.25) is 6.79 Å². The molecular formula is C16H13FN4O2. The molecule has 0 radical (unpaired) electrons. The fraction of sp³-hybridized carbons (Fsp3) is 0.125. The van der Waals surface area contributed by atoms with E-state index < -0.39 is 0 Å². The molecule has 0 spiro atoms. The second-order valence-electron chi connectivity index (χ2n) is 5.05. The normalized spacial score (nSPS) is 12.6. The Morgan fingerprint density at radius 2 is 2.00 bits per heavy atom. The molecule has 0 saturated carbocycles. The molecule has 0 unspecified atom stereocenters. The van der Waals surface area contributed by atoms with E-state index in [0.717, 1.165) is 5.56 Å². The molecule has 7 heteroatoms. The lowest BCUT2D eigenvalue weighted by Gasteiger charge is -2.09. The molecule has 0 aliphatic carbocycles. The summed E-state index contributed by atoms with van der Waals surface area (Å²) in [6, 6.07) is 11.7. The summed E-state index contributed by atoms with van der Waals surface area (Å²) in [7, 11) is 0. The summed E-state index contributed by atoms with van der Waals surface area (Å²) >= 11 is 0. The Morgan fingerprint density at radius 1 is 1.13 bits per heavy atom. The number of ether oxygens (including phenoxy) is 2. The van der Waals surface area contributed by atoms with Crippen LogP contribution in [0, 0.1) is 5.82 Å². The maximum Gasteiger partial charge on any atom is 0.231 e. The third-order valence-electron chi connectivity index (χ3n) is 3.63. The predicted molar refractivity (Wildman–Crippen MR) is 80.8 cm³/mol. The van der Waals surface area contributed by atoms with Crippen LogP contribution in [0.1, 0.15) is 5.69 Å². The molecule has 6 nitrogen and oxygen atoms in total. The van der Waals surface area contributed by atoms with Crippen molar-refractivity contribution in [3.05, 3.63) is 54.0 Å². The Labute approximate surface area is 131 Å². The van der Waals surface area contributed by atoms with Gasteiger partial charge in [0.05, 0.1) is 11.4 Å². The molecule has 1 aliphatic rings. The summed E-state index contributed by atoms with van der Waals surface area (Å²) < 4.78 is 25.8. The number of aromatic nitrogens is 3. The van der Waals surface area contributed by atoms with Crippen LogP contribution in [0.15, 0.2) is 42.5 Å². The van der Waals surface area contributed by atoms with Crippen LogP contribution in [0.25, 0.3) is 16.9 Å². The number of fused-ring (bicyclic) bond motifs is 1. The average Bonchev–Trinajstić information content (AvgIpc) is 3.20. The van der Waals surface area contributed by atoms with E-state index in [-0.39, 0.29) is 19.2 Å². The molecule has 0 atom stereocenters. The quantitative estimate of drug-likeness (QED) is 0.803. The first-order chi connectivity index (χ1) is 11.3. The van der Waals surface area contributed by atoms with Crippen LogP contribution in [0.3, 0.4) is 0 Å². The number of hydrogen-bond donors (Lipinski definition) is 1. The van der Waals surface area contributed by atoms with E-state index in [1.54, 1.807) is 16.8 Å². The molecule has 0 bridgehead atoms. The first kappa shape index (κ1) is 13.7. The lowest BCUT2D eigenvalue weighted by atomic mass is 10.1. The first-order valence-electron chi connectivity index (χ1n) is 7.07. The van der Waals surface area contributed by atoms with Gasteiger partial charge < -0.3 is 15.2 Å². The molecule has 0 fully saturated rings. The average molecular weight is 312 g/mol. The zero-order valence-electron chi connectivity index (χ0n) is 12.1. The monoisotopic (exact) mass is 312 g/mol. The highest BCUT2D eigenvalue weighted by molar-refractivity contribution is 5.68. The minimum atomic E-state index is -0.344. The van der Waals surface area contributed by atoms with Gasteiger partial charge in [-0.25, -0.2) is 9.07 Å². The van der Waals surface area contributed by atoms with E-state index in [1.807, 2.05) is 18.2 Å². The molecule has 2 heterocycles. The highest BCUT2D eigenvalue weighted by Gasteiger charge is 2.20. The lowest BCUT2D eigenvalue weighted by Crippen LogP contribution is -2.03. The van der Waals surface area contributed by atoms with Crippen molar-refractivity contribution in [2.75, 3.05) is 6.79 Å². The predicted octanol–water partition coefficient (Wildman–Crippen LogP) is 2.26. The molecule has 2 N–H and O–H groups in total. The Balaban J connectivity index is 1.89. The Hall–Kier alpha value is -2.93. The van der Waals surface area contributed by atoms with Crippen molar-refractivity contribution in [1.29, 1.82) is 0 Å². The number of nitrogens with zero attached hydrogens (tertiary/aromatic N) is 3. The van der Waals surface area contributed by atoms with Gasteiger partial charge in [-0.2, -0.15) is 0 Å². The largest absolute Gasteiger partial charge is 0.454 e. The number of hydrogen-bond acceptors (Lipinski definition) is 5. The maximum absolute atomic E-state index is 13.5. The van der Waals surface area contributed by atoms with E-state index in [0.29, 0.717) is 28.6 Å². The summed E-state index contributed by atoms with van der Waals surface area (Å²) in [4.78, 5) is 0. The van der Waals surface area contributed by atoms with Crippen molar-refractivity contribution in [1.82, 2.24) is 15.0 Å². The molecule has 0 saturated heterocycles. The van der Waals surface area contributed by atoms with Crippen LogP contribution < -0.4 is 15.2 Å². The third-order valence-corrected chi connectivity index (χ3v) is 3.63. The highest BCUT2D eigenvalue weighted by atomic mass is 19.1. The molecule has 3 aromatic rings. The first-order valence-corrected chi connectivity index (χ1v) is 7.07. The third kappa shape index (κ3) is 2.31. The van der Waals surface area contributed by atoms with Crippen LogP contribution >= 0.6 is 0 Å². The second kappa shape index (κ2) is 5.36. The van der Waals surface area contributed by atoms with E-state index in [1.165, 1.54) is 12.1 Å². The van der Waals surface area contributed by atoms with Gasteiger partial charge in [-0.1, -0.05) is 11.3 Å². The molecule has 4 rings (SSSR count). The highest BCUT2D eigenvalue weighted by Crippen LogP contribution is 2.37. The van der Waals surface area contributed by atoms with Gasteiger partial charge in [0.15, 0.2) is 11.5 Å². The lowest BCUT2D eigenvalue weighted by molar-refractivity contribution is 0.174. The summed E-state index contributed by atoms with van der Waals surface area (Å²) in [6.45, 7) is 0.420. The molecule has 23 heavy (non-hydrogen) atoms. The summed E-state index contributed by atoms with van der Waals surface area (Å²) in [6.07, 6.45) is 0. The molecule has 2 aromatic carbocycles. The van der Waals surface area contributed by atoms with E-state index >= 15 is 0 Å². The van der Waals surface area contributed by atoms with E-state index in [9.17, 15) is 4.39 Å². The van der Waals surface area contributed by atoms with Gasteiger partial charge in [-0.15, -0.1) is 5.10 Å². The van der Waals surface area contributed by atoms with E-state index in [4.69, 9.17) is 15.2 Å². The molecule has 0 amide bonds. The van der Waals surface area contributed by atoms with Crippen LogP contribution in [-0.2, 0) is 6.54 Å². The second-order valence-corrected chi connectivity index (χ2v) is 5.05. The molecule has 1 aromatic heterocycles. The number of benzene rings is 2. The van der Waals surface area contributed by atoms with Gasteiger partial charge in [-0.05, 0) is 36.4 Å². The molecule has 116 valence electrons. The number of halogens is 1. The SMILES string of the molecule is NCc1nnn(-c2cccc(F)c2)c1-c1ccc2c(c1)OCO2. The minimum Gasteiger partial charge on any atom is -0.454 e. The van der Waals surface area contributed by atoms with Crippen LogP contribution in [-0.4, -0.2) is 21.8 Å². The van der Waals surface area contributed by atoms with Gasteiger partial charge in [0.25, 0.3) is 0 Å². The fourth-order valence-corrected chi connectivity index (χ4v) is 2.57. The number of nitrogens with two attached hydrogens (primary N) is 1. The van der Waals surface area contributed by atoms with Crippen molar-refractivity contribution in [3.8, 4) is 28.4 Å². The standard InChI is InChI=1S/C16H13FN4O2/c17-11-2-1-3-12(7-11)21-16(13(8-18)19-20-21)10-4-5-14-15(6-10)23-9-22-14/h1-7H,8-9,18H2. The van der Waals surface area contributed by atoms with Crippen molar-refractivity contribution in [2.24, 2.45) is 5.73 Å². The number of rotatable bonds is 3. The van der Waals surface area contributed by atoms with Crippen LogP contribution in [0.4, 0.5) is 4.39 Å². The Kier molecular flexibility index (Phi) is 3.20. The van der Waals surface area contributed by atoms with Gasteiger partial charge >= 0.3 is 0 Å². The van der Waals surface area contributed by atoms with Gasteiger partial charge in [0, 0.05) is 12.1 Å². The van der Waals surface area contributed by atoms with Crippen molar-refractivity contribution in [2.45, 2.75) is 6.54 Å². The summed E-state index contributed by atoms with van der Waals surface area (Å²) in [5.74, 6) is 0.995. The summed E-state index contributed by atoms with van der Waals surface area (Å²) in [5, 5.41) is 8.22. The maximum atomic E-state index is 13.5. The van der Waals surface area contributed by atoms with E-state index in [2.05, 4.69) is 10.3 Å². The zero-order valence-corrected chi connectivity index (χ0v) is 12.1. The molecule has 1 aliphatic heterocycles. The minimum absolute atomic E-state index is 0.198. The smallest absolute Gasteiger partial charge is 0.231 e. The Bertz CT molecular complexity index is 878. The van der Waals surface area contributed by atoms with Crippen molar-refractivity contribution >= 4 is 0 Å². The van der Waals surface area contributed by atoms with Crippen LogP contribution in [0.2, 0.25) is 0 Å². The van der Waals surface area contributed by atoms with Gasteiger partial charge in [0.1, 0.15) is 11.5 Å². The fourth-order valence-electron chi connectivity index (χ4n) is 2.57. The topological polar surface area (TPSA) is 75.2 Å². The van der Waals surface area contributed by atoms with Crippen molar-refractivity contribution < 1.29 is 13.9 Å². The summed E-state index contributed by atoms with van der Waals surface area (Å²) in [5.41, 5.74) is 8.50. The van der Waals surface area contributed by atoms with Gasteiger partial charge in [-0.3, -0.25) is 0 Å². The Morgan fingerprint density at radius 3 is 2.83 bits per heavy atom. The van der Waals surface area contributed by atoms with Crippen molar-refractivity contribution in [3.63, 3.8) is 0 Å². The molecular weight excluding hydrogens is 299 g/mol.